The summed E-state index contributed by atoms with van der Waals surface area (Å²) >= 11 is 1.31. The van der Waals surface area contributed by atoms with Crippen LogP contribution in [0.3, 0.4) is 0 Å². The van der Waals surface area contributed by atoms with Crippen LogP contribution in [0.15, 0.2) is 96.4 Å². The van der Waals surface area contributed by atoms with Crippen LogP contribution >= 0.6 is 11.3 Å². The number of amides is 1. The zero-order valence-electron chi connectivity index (χ0n) is 16.1. The van der Waals surface area contributed by atoms with Crippen LogP contribution in [0.25, 0.3) is 11.1 Å². The Morgan fingerprint density at radius 1 is 0.800 bits per heavy atom. The average molecular weight is 413 g/mol. The van der Waals surface area contributed by atoms with Crippen LogP contribution in [0.4, 0.5) is 5.00 Å². The molecule has 0 aliphatic rings. The third kappa shape index (κ3) is 4.47. The van der Waals surface area contributed by atoms with Gasteiger partial charge in [-0.1, -0.05) is 78.9 Å². The van der Waals surface area contributed by atoms with Crippen molar-refractivity contribution in [3.63, 3.8) is 0 Å². The van der Waals surface area contributed by atoms with Crippen molar-refractivity contribution in [3.05, 3.63) is 113 Å². The molecule has 0 atom stereocenters. The first kappa shape index (κ1) is 19.6. The maximum atomic E-state index is 13.0. The van der Waals surface area contributed by atoms with Crippen molar-refractivity contribution in [2.75, 3.05) is 5.32 Å². The van der Waals surface area contributed by atoms with Gasteiger partial charge >= 0.3 is 5.97 Å². The van der Waals surface area contributed by atoms with Gasteiger partial charge in [0.05, 0.1) is 0 Å². The monoisotopic (exact) mass is 413 g/mol. The van der Waals surface area contributed by atoms with Gasteiger partial charge in [-0.15, -0.1) is 11.3 Å². The minimum Gasteiger partial charge on any atom is -0.457 e. The SMILES string of the molecule is O=C(Nc1scc(-c2ccccc2)c1C(=O)OCc1ccccc1)c1ccccc1. The molecule has 4 nitrogen and oxygen atoms in total. The summed E-state index contributed by atoms with van der Waals surface area (Å²) < 4.78 is 5.58. The third-order valence-electron chi connectivity index (χ3n) is 4.56. The molecule has 1 N–H and O–H groups in total. The summed E-state index contributed by atoms with van der Waals surface area (Å²) in [5, 5.41) is 5.22. The van der Waals surface area contributed by atoms with Crippen LogP contribution < -0.4 is 5.32 Å². The molecule has 0 fully saturated rings. The number of esters is 1. The highest BCUT2D eigenvalue weighted by Gasteiger charge is 2.23. The van der Waals surface area contributed by atoms with Crippen LogP contribution in [0, 0.1) is 0 Å². The Morgan fingerprint density at radius 2 is 1.40 bits per heavy atom. The van der Waals surface area contributed by atoms with E-state index in [1.807, 2.05) is 72.1 Å². The number of thiophene rings is 1. The number of nitrogens with one attached hydrogen (secondary N) is 1. The summed E-state index contributed by atoms with van der Waals surface area (Å²) in [5.74, 6) is -0.739. The van der Waals surface area contributed by atoms with Gasteiger partial charge in [-0.2, -0.15) is 0 Å². The van der Waals surface area contributed by atoms with Crippen LogP contribution in [0.1, 0.15) is 26.3 Å². The quantitative estimate of drug-likeness (QED) is 0.393. The molecule has 0 radical (unpaired) electrons. The molecule has 0 spiro atoms. The van der Waals surface area contributed by atoms with Crippen LogP contribution in [-0.2, 0) is 11.3 Å². The molecule has 5 heteroatoms. The molecule has 0 aliphatic carbocycles. The second kappa shape index (κ2) is 9.20. The molecule has 1 heterocycles. The number of anilines is 1. The summed E-state index contributed by atoms with van der Waals surface area (Å²) in [6.07, 6.45) is 0. The van der Waals surface area contributed by atoms with E-state index in [2.05, 4.69) is 5.32 Å². The topological polar surface area (TPSA) is 55.4 Å². The number of rotatable bonds is 6. The number of hydrogen-bond donors (Lipinski definition) is 1. The molecular formula is C25H19NO3S. The Bertz CT molecular complexity index is 1140. The lowest BCUT2D eigenvalue weighted by atomic mass is 10.0. The van der Waals surface area contributed by atoms with Gasteiger partial charge in [-0.05, 0) is 23.3 Å². The van der Waals surface area contributed by atoms with Crippen molar-refractivity contribution >= 4 is 28.2 Å². The molecule has 0 saturated heterocycles. The van der Waals surface area contributed by atoms with Gasteiger partial charge in [0.2, 0.25) is 0 Å². The van der Waals surface area contributed by atoms with E-state index in [0.717, 1.165) is 16.7 Å². The van der Waals surface area contributed by atoms with E-state index in [4.69, 9.17) is 4.74 Å². The normalized spacial score (nSPS) is 10.4. The fraction of sp³-hybridized carbons (Fsp3) is 0.0400. The fourth-order valence-electron chi connectivity index (χ4n) is 3.04. The number of hydrogen-bond acceptors (Lipinski definition) is 4. The average Bonchev–Trinajstić information content (AvgIpc) is 3.23. The van der Waals surface area contributed by atoms with Crippen LogP contribution in [0.2, 0.25) is 0 Å². The summed E-state index contributed by atoms with van der Waals surface area (Å²) in [4.78, 5) is 25.7. The number of carbonyl (C=O) groups excluding carboxylic acids is 2. The highest BCUT2D eigenvalue weighted by atomic mass is 32.1. The molecule has 0 bridgehead atoms. The van der Waals surface area contributed by atoms with E-state index >= 15 is 0 Å². The summed E-state index contributed by atoms with van der Waals surface area (Å²) in [7, 11) is 0. The van der Waals surface area contributed by atoms with Gasteiger partial charge in [0.25, 0.3) is 5.91 Å². The minimum atomic E-state index is -0.470. The van der Waals surface area contributed by atoms with E-state index in [0.29, 0.717) is 16.1 Å². The molecule has 4 aromatic rings. The van der Waals surface area contributed by atoms with E-state index in [-0.39, 0.29) is 12.5 Å². The van der Waals surface area contributed by atoms with Crippen molar-refractivity contribution in [1.82, 2.24) is 0 Å². The van der Waals surface area contributed by atoms with E-state index in [9.17, 15) is 9.59 Å². The van der Waals surface area contributed by atoms with E-state index in [1.54, 1.807) is 24.3 Å². The number of benzene rings is 3. The van der Waals surface area contributed by atoms with Gasteiger partial charge in [0.1, 0.15) is 17.2 Å². The second-order valence-corrected chi connectivity index (χ2v) is 7.48. The summed E-state index contributed by atoms with van der Waals surface area (Å²) in [6, 6.07) is 28.0. The Balaban J connectivity index is 1.64. The van der Waals surface area contributed by atoms with Gasteiger partial charge < -0.3 is 10.1 Å². The zero-order valence-corrected chi connectivity index (χ0v) is 16.9. The molecule has 1 aromatic heterocycles. The molecule has 0 unspecified atom stereocenters. The molecule has 1 amide bonds. The van der Waals surface area contributed by atoms with Gasteiger partial charge in [-0.3, -0.25) is 4.79 Å². The lowest BCUT2D eigenvalue weighted by Crippen LogP contribution is -2.14. The Kier molecular flexibility index (Phi) is 6.01. The summed E-state index contributed by atoms with van der Waals surface area (Å²) in [5.41, 5.74) is 3.42. The second-order valence-electron chi connectivity index (χ2n) is 6.60. The lowest BCUT2D eigenvalue weighted by Gasteiger charge is -2.10. The number of ether oxygens (including phenoxy) is 1. The third-order valence-corrected chi connectivity index (χ3v) is 5.45. The van der Waals surface area contributed by atoms with Crippen molar-refractivity contribution in [2.24, 2.45) is 0 Å². The molecular weight excluding hydrogens is 394 g/mol. The predicted molar refractivity (Wildman–Crippen MR) is 120 cm³/mol. The zero-order chi connectivity index (χ0) is 20.8. The largest absolute Gasteiger partial charge is 0.457 e. The fourth-order valence-corrected chi connectivity index (χ4v) is 4.00. The smallest absolute Gasteiger partial charge is 0.342 e. The lowest BCUT2D eigenvalue weighted by molar-refractivity contribution is 0.0475. The first-order valence-electron chi connectivity index (χ1n) is 9.47. The summed E-state index contributed by atoms with van der Waals surface area (Å²) in [6.45, 7) is 0.163. The maximum absolute atomic E-state index is 13.0. The Morgan fingerprint density at radius 3 is 2.07 bits per heavy atom. The molecule has 4 rings (SSSR count). The maximum Gasteiger partial charge on any atom is 0.342 e. The predicted octanol–water partition coefficient (Wildman–Crippen LogP) is 6.02. The minimum absolute atomic E-state index is 0.163. The molecule has 148 valence electrons. The van der Waals surface area contributed by atoms with Gasteiger partial charge in [0, 0.05) is 16.5 Å². The Labute approximate surface area is 178 Å². The van der Waals surface area contributed by atoms with Crippen molar-refractivity contribution in [3.8, 4) is 11.1 Å². The van der Waals surface area contributed by atoms with Crippen LogP contribution in [0.5, 0.6) is 0 Å². The molecule has 0 saturated carbocycles. The highest BCUT2D eigenvalue weighted by molar-refractivity contribution is 7.15. The molecule has 0 aliphatic heterocycles. The van der Waals surface area contributed by atoms with E-state index < -0.39 is 5.97 Å². The Hall–Kier alpha value is -3.70. The molecule has 3 aromatic carbocycles. The van der Waals surface area contributed by atoms with Crippen molar-refractivity contribution < 1.29 is 14.3 Å². The van der Waals surface area contributed by atoms with Crippen molar-refractivity contribution in [2.45, 2.75) is 6.61 Å². The van der Waals surface area contributed by atoms with Crippen LogP contribution in [-0.4, -0.2) is 11.9 Å². The molecule has 30 heavy (non-hydrogen) atoms. The van der Waals surface area contributed by atoms with Crippen molar-refractivity contribution in [1.29, 1.82) is 0 Å². The highest BCUT2D eigenvalue weighted by Crippen LogP contribution is 2.36. The van der Waals surface area contributed by atoms with Gasteiger partial charge in [-0.25, -0.2) is 4.79 Å². The first-order valence-corrected chi connectivity index (χ1v) is 10.3. The van der Waals surface area contributed by atoms with Gasteiger partial charge in [0.15, 0.2) is 0 Å². The van der Waals surface area contributed by atoms with E-state index in [1.165, 1.54) is 11.3 Å². The number of carbonyl (C=O) groups is 2. The standard InChI is InChI=1S/C25H19NO3S/c27-23(20-14-8-3-9-15-20)26-24-22(21(17-30-24)19-12-6-2-7-13-19)25(28)29-16-18-10-4-1-5-11-18/h1-15,17H,16H2,(H,26,27). The first-order chi connectivity index (χ1) is 14.7.